The van der Waals surface area contributed by atoms with Gasteiger partial charge in [0, 0.05) is 23.4 Å². The molecule has 2 aromatic heterocycles. The zero-order valence-corrected chi connectivity index (χ0v) is 22.7. The smallest absolute Gasteiger partial charge is 0.350 e. The molecule has 8 nitrogen and oxygen atoms in total. The van der Waals surface area contributed by atoms with E-state index in [1.54, 1.807) is 0 Å². The minimum Gasteiger partial charge on any atom is -0.350 e. The van der Waals surface area contributed by atoms with Crippen LogP contribution in [-0.4, -0.2) is 44.8 Å². The Morgan fingerprint density at radius 3 is 2.64 bits per heavy atom. The number of rotatable bonds is 10. The van der Waals surface area contributed by atoms with E-state index in [4.69, 9.17) is 4.98 Å². The summed E-state index contributed by atoms with van der Waals surface area (Å²) in [7, 11) is 0. The van der Waals surface area contributed by atoms with E-state index in [9.17, 15) is 22.8 Å². The maximum absolute atomic E-state index is 13.0. The number of fused-ring (bicyclic) bond motifs is 1. The summed E-state index contributed by atoms with van der Waals surface area (Å²) >= 11 is 2.28. The molecular formula is C26H27F3N6O2S2. The summed E-state index contributed by atoms with van der Waals surface area (Å²) in [6.45, 7) is 1.37. The molecule has 206 valence electrons. The first-order valence-electron chi connectivity index (χ1n) is 12.6. The Morgan fingerprint density at radius 2 is 1.97 bits per heavy atom. The van der Waals surface area contributed by atoms with Crippen molar-refractivity contribution in [3.63, 3.8) is 0 Å². The molecule has 4 N–H and O–H groups in total. The van der Waals surface area contributed by atoms with Crippen molar-refractivity contribution in [2.45, 2.75) is 56.1 Å². The third-order valence-corrected chi connectivity index (χ3v) is 8.94. The van der Waals surface area contributed by atoms with Crippen molar-refractivity contribution >= 4 is 40.0 Å². The predicted octanol–water partition coefficient (Wildman–Crippen LogP) is 5.24. The highest BCUT2D eigenvalue weighted by Crippen LogP contribution is 2.41. The van der Waals surface area contributed by atoms with Gasteiger partial charge in [-0.3, -0.25) is 9.78 Å². The van der Waals surface area contributed by atoms with E-state index in [1.165, 1.54) is 17.8 Å². The van der Waals surface area contributed by atoms with Gasteiger partial charge in [0.25, 0.3) is 5.91 Å². The second-order valence-electron chi connectivity index (χ2n) is 9.57. The van der Waals surface area contributed by atoms with E-state index in [2.05, 4.69) is 25.2 Å². The molecule has 1 aliphatic rings. The van der Waals surface area contributed by atoms with Gasteiger partial charge >= 0.3 is 11.9 Å². The Morgan fingerprint density at radius 1 is 1.21 bits per heavy atom. The minimum absolute atomic E-state index is 0.282. The SMILES string of the molecule is C[C@H](NSc1ccc(-c2sc(C(=O)NCCc3n[nH]c(=O)[nH]3)nc2CC2CCC2)c2ccccc12)C(F)(F)F. The number of carbonyl (C=O) groups excluding carboxylic acids is 1. The Bertz CT molecular complexity index is 1530. The number of halogens is 3. The zero-order valence-electron chi connectivity index (χ0n) is 21.0. The van der Waals surface area contributed by atoms with Gasteiger partial charge in [-0.1, -0.05) is 49.6 Å². The summed E-state index contributed by atoms with van der Waals surface area (Å²) in [5, 5.41) is 11.0. The maximum Gasteiger partial charge on any atom is 0.404 e. The number of aromatic amines is 2. The van der Waals surface area contributed by atoms with Crippen LogP contribution in [0.1, 0.15) is 47.5 Å². The van der Waals surface area contributed by atoms with Crippen LogP contribution in [0.3, 0.4) is 0 Å². The fourth-order valence-electron chi connectivity index (χ4n) is 4.34. The van der Waals surface area contributed by atoms with Gasteiger partial charge < -0.3 is 5.32 Å². The van der Waals surface area contributed by atoms with E-state index in [-0.39, 0.29) is 12.5 Å². The number of H-pyrrole nitrogens is 2. The number of carbonyl (C=O) groups is 1. The highest BCUT2D eigenvalue weighted by Gasteiger charge is 2.36. The fourth-order valence-corrected chi connectivity index (χ4v) is 6.25. The summed E-state index contributed by atoms with van der Waals surface area (Å²) in [6.07, 6.45) is 0.226. The number of hydrogen-bond acceptors (Lipinski definition) is 7. The topological polar surface area (TPSA) is 116 Å². The molecule has 13 heteroatoms. The number of amides is 1. The Kier molecular flexibility index (Phi) is 8.10. The zero-order chi connectivity index (χ0) is 27.6. The summed E-state index contributed by atoms with van der Waals surface area (Å²) in [5.74, 6) is 0.669. The van der Waals surface area contributed by atoms with E-state index in [0.29, 0.717) is 28.1 Å². The molecule has 0 saturated heterocycles. The lowest BCUT2D eigenvalue weighted by molar-refractivity contribution is -0.146. The molecule has 1 atom stereocenters. The molecule has 5 rings (SSSR count). The molecule has 0 unspecified atom stereocenters. The van der Waals surface area contributed by atoms with Crippen LogP contribution in [0.2, 0.25) is 0 Å². The number of benzene rings is 2. The molecule has 1 amide bonds. The van der Waals surface area contributed by atoms with Gasteiger partial charge in [-0.05, 0) is 48.0 Å². The monoisotopic (exact) mass is 576 g/mol. The second kappa shape index (κ2) is 11.5. The summed E-state index contributed by atoms with van der Waals surface area (Å²) in [5.41, 5.74) is 1.36. The molecule has 0 spiro atoms. The first kappa shape index (κ1) is 27.4. The van der Waals surface area contributed by atoms with Crippen molar-refractivity contribution in [3.05, 3.63) is 63.4 Å². The lowest BCUT2D eigenvalue weighted by Gasteiger charge is -2.24. The standard InChI is InChI=1S/C26H27F3N6O2S2/c1-14(26(27,28)29)35-39-20-10-9-18(16-7-2-3-8-17(16)20)22-19(13-15-5-4-6-15)31-24(38-22)23(36)30-12-11-21-32-25(37)34-33-21/h2-3,7-10,14-15,35H,4-6,11-13H2,1H3,(H,30,36)(H2,32,33,34,37)/t14-/m0/s1. The highest BCUT2D eigenvalue weighted by molar-refractivity contribution is 7.97. The molecule has 2 heterocycles. The average molecular weight is 577 g/mol. The van der Waals surface area contributed by atoms with Crippen LogP contribution < -0.4 is 15.7 Å². The van der Waals surface area contributed by atoms with Crippen LogP contribution in [-0.2, 0) is 12.8 Å². The molecule has 0 aliphatic heterocycles. The minimum atomic E-state index is -4.34. The van der Waals surface area contributed by atoms with Gasteiger partial charge in [-0.25, -0.2) is 19.6 Å². The lowest BCUT2D eigenvalue weighted by Crippen LogP contribution is -2.35. The molecule has 1 fully saturated rings. The van der Waals surface area contributed by atoms with Crippen LogP contribution >= 0.6 is 23.3 Å². The third-order valence-electron chi connectivity index (χ3n) is 6.76. The first-order chi connectivity index (χ1) is 18.7. The first-order valence-corrected chi connectivity index (χ1v) is 14.2. The van der Waals surface area contributed by atoms with Crippen LogP contribution in [0, 0.1) is 5.92 Å². The van der Waals surface area contributed by atoms with Crippen molar-refractivity contribution in [1.29, 1.82) is 0 Å². The van der Waals surface area contributed by atoms with Crippen molar-refractivity contribution in [3.8, 4) is 10.4 Å². The van der Waals surface area contributed by atoms with Gasteiger partial charge in [-0.2, -0.15) is 18.3 Å². The summed E-state index contributed by atoms with van der Waals surface area (Å²) in [4.78, 5) is 33.1. The lowest BCUT2D eigenvalue weighted by atomic mass is 9.81. The quantitative estimate of drug-likeness (QED) is 0.192. The summed E-state index contributed by atoms with van der Waals surface area (Å²) in [6, 6.07) is 9.64. The van der Waals surface area contributed by atoms with Gasteiger partial charge in [-0.15, -0.1) is 11.3 Å². The Balaban J connectivity index is 1.42. The van der Waals surface area contributed by atoms with Crippen LogP contribution in [0.5, 0.6) is 0 Å². The van der Waals surface area contributed by atoms with Crippen molar-refractivity contribution in [2.24, 2.45) is 5.92 Å². The number of aromatic nitrogens is 4. The molecule has 1 aliphatic carbocycles. The third kappa shape index (κ3) is 6.36. The number of nitrogens with one attached hydrogen (secondary N) is 4. The van der Waals surface area contributed by atoms with Crippen LogP contribution in [0.15, 0.2) is 46.1 Å². The fraction of sp³-hybridized carbons (Fsp3) is 0.385. The molecule has 39 heavy (non-hydrogen) atoms. The molecule has 2 aromatic carbocycles. The van der Waals surface area contributed by atoms with Crippen molar-refractivity contribution < 1.29 is 18.0 Å². The molecular weight excluding hydrogens is 549 g/mol. The molecule has 4 aromatic rings. The number of hydrogen-bond donors (Lipinski definition) is 4. The van der Waals surface area contributed by atoms with Crippen LogP contribution in [0.4, 0.5) is 13.2 Å². The molecule has 1 saturated carbocycles. The van der Waals surface area contributed by atoms with E-state index in [1.807, 2.05) is 36.4 Å². The Hall–Kier alpha value is -3.16. The normalized spacial score (nSPS) is 14.9. The number of thiazole rings is 1. The van der Waals surface area contributed by atoms with Gasteiger partial charge in [0.05, 0.1) is 10.6 Å². The molecule has 0 bridgehead atoms. The summed E-state index contributed by atoms with van der Waals surface area (Å²) < 4.78 is 41.6. The largest absolute Gasteiger partial charge is 0.404 e. The van der Waals surface area contributed by atoms with Crippen molar-refractivity contribution in [2.75, 3.05) is 6.54 Å². The van der Waals surface area contributed by atoms with Gasteiger partial charge in [0.2, 0.25) is 0 Å². The predicted molar refractivity (Wildman–Crippen MR) is 146 cm³/mol. The van der Waals surface area contributed by atoms with Crippen LogP contribution in [0.25, 0.3) is 21.2 Å². The van der Waals surface area contributed by atoms with E-state index in [0.717, 1.165) is 65.0 Å². The van der Waals surface area contributed by atoms with Gasteiger partial charge in [0.1, 0.15) is 11.9 Å². The molecule has 0 radical (unpaired) electrons. The van der Waals surface area contributed by atoms with E-state index < -0.39 is 17.9 Å². The highest BCUT2D eigenvalue weighted by atomic mass is 32.2. The van der Waals surface area contributed by atoms with Crippen molar-refractivity contribution in [1.82, 2.24) is 30.2 Å². The van der Waals surface area contributed by atoms with E-state index >= 15 is 0 Å². The Labute approximate surface area is 230 Å². The maximum atomic E-state index is 13.0. The number of nitrogens with zero attached hydrogens (tertiary/aromatic N) is 2. The van der Waals surface area contributed by atoms with Gasteiger partial charge in [0.15, 0.2) is 5.01 Å². The number of alkyl halides is 3. The average Bonchev–Trinajstić information content (AvgIpc) is 3.50. The second-order valence-corrected chi connectivity index (χ2v) is 11.4.